The number of carbonyl (C=O) groups is 1. The van der Waals surface area contributed by atoms with E-state index in [0.29, 0.717) is 26.2 Å². The number of amides is 1. The van der Waals surface area contributed by atoms with Crippen molar-refractivity contribution in [1.82, 2.24) is 19.9 Å². The maximum absolute atomic E-state index is 12.0. The number of morpholine rings is 1. The first-order valence-electron chi connectivity index (χ1n) is 6.38. The number of ether oxygens (including phenoxy) is 2. The van der Waals surface area contributed by atoms with E-state index in [4.69, 9.17) is 9.47 Å². The second-order valence-electron chi connectivity index (χ2n) is 5.54. The van der Waals surface area contributed by atoms with Crippen molar-refractivity contribution >= 4 is 6.09 Å². The predicted molar refractivity (Wildman–Crippen MR) is 67.6 cm³/mol. The van der Waals surface area contributed by atoms with Crippen molar-refractivity contribution in [3.63, 3.8) is 0 Å². The van der Waals surface area contributed by atoms with Gasteiger partial charge in [-0.05, 0) is 20.8 Å². The Morgan fingerprint density at radius 3 is 2.95 bits per heavy atom. The monoisotopic (exact) mass is 268 g/mol. The highest BCUT2D eigenvalue weighted by Crippen LogP contribution is 2.13. The van der Waals surface area contributed by atoms with Crippen LogP contribution in [0, 0.1) is 0 Å². The summed E-state index contributed by atoms with van der Waals surface area (Å²) in [5.41, 5.74) is -0.475. The molecule has 2 heterocycles. The molecule has 1 aromatic rings. The van der Waals surface area contributed by atoms with Crippen LogP contribution in [0.15, 0.2) is 12.4 Å². The molecule has 2 rings (SSSR count). The van der Waals surface area contributed by atoms with Crippen LogP contribution in [0.1, 0.15) is 20.8 Å². The average Bonchev–Trinajstić information content (AvgIpc) is 2.80. The van der Waals surface area contributed by atoms with Crippen molar-refractivity contribution in [3.8, 4) is 0 Å². The van der Waals surface area contributed by atoms with Gasteiger partial charge >= 0.3 is 6.09 Å². The normalized spacial score (nSPS) is 20.4. The highest BCUT2D eigenvalue weighted by atomic mass is 16.6. The number of aromatic nitrogens is 3. The lowest BCUT2D eigenvalue weighted by molar-refractivity contribution is -0.0484. The van der Waals surface area contributed by atoms with Crippen LogP contribution in [-0.2, 0) is 16.0 Å². The Bertz CT molecular complexity index is 413. The first kappa shape index (κ1) is 13.8. The van der Waals surface area contributed by atoms with Crippen molar-refractivity contribution in [2.24, 2.45) is 0 Å². The minimum atomic E-state index is -0.475. The lowest BCUT2D eigenvalue weighted by Gasteiger charge is -2.34. The molecule has 1 saturated heterocycles. The van der Waals surface area contributed by atoms with Gasteiger partial charge in [0.25, 0.3) is 0 Å². The molecule has 0 radical (unpaired) electrons. The zero-order valence-corrected chi connectivity index (χ0v) is 11.6. The molecule has 1 amide bonds. The summed E-state index contributed by atoms with van der Waals surface area (Å²) < 4.78 is 12.7. The van der Waals surface area contributed by atoms with Gasteiger partial charge in [0.1, 0.15) is 5.60 Å². The summed E-state index contributed by atoms with van der Waals surface area (Å²) in [4.78, 5) is 13.7. The highest BCUT2D eigenvalue weighted by Gasteiger charge is 2.28. The molecule has 106 valence electrons. The Hall–Kier alpha value is -1.63. The third kappa shape index (κ3) is 4.20. The van der Waals surface area contributed by atoms with E-state index in [-0.39, 0.29) is 12.2 Å². The molecule has 0 aliphatic carbocycles. The molecule has 0 saturated carbocycles. The number of hydrogen-bond donors (Lipinski definition) is 0. The summed E-state index contributed by atoms with van der Waals surface area (Å²) in [6.07, 6.45) is 3.02. The zero-order valence-electron chi connectivity index (χ0n) is 11.6. The van der Waals surface area contributed by atoms with Crippen molar-refractivity contribution in [2.75, 3.05) is 19.7 Å². The fourth-order valence-electron chi connectivity index (χ4n) is 1.86. The van der Waals surface area contributed by atoms with Crippen LogP contribution < -0.4 is 0 Å². The summed E-state index contributed by atoms with van der Waals surface area (Å²) in [6.45, 7) is 7.74. The van der Waals surface area contributed by atoms with Gasteiger partial charge in [0.05, 0.1) is 32.0 Å². The summed E-state index contributed by atoms with van der Waals surface area (Å²) in [6, 6.07) is 0. The standard InChI is InChI=1S/C12H20N4O3/c1-12(2,3)19-11(17)15-6-7-18-10(8-15)9-16-5-4-13-14-16/h4-5,10H,6-9H2,1-3H3. The average molecular weight is 268 g/mol. The van der Waals surface area contributed by atoms with Gasteiger partial charge in [0, 0.05) is 12.7 Å². The molecule has 1 aliphatic heterocycles. The molecule has 1 atom stereocenters. The van der Waals surface area contributed by atoms with E-state index in [2.05, 4.69) is 10.3 Å². The Kier molecular flexibility index (Phi) is 4.04. The molecule has 0 aromatic carbocycles. The van der Waals surface area contributed by atoms with Crippen molar-refractivity contribution < 1.29 is 14.3 Å². The van der Waals surface area contributed by atoms with Crippen LogP contribution in [0.2, 0.25) is 0 Å². The summed E-state index contributed by atoms with van der Waals surface area (Å²) in [5, 5.41) is 7.63. The molecule has 7 nitrogen and oxygen atoms in total. The highest BCUT2D eigenvalue weighted by molar-refractivity contribution is 5.68. The molecular weight excluding hydrogens is 248 g/mol. The van der Waals surface area contributed by atoms with E-state index in [1.54, 1.807) is 22.0 Å². The van der Waals surface area contributed by atoms with Gasteiger partial charge in [-0.15, -0.1) is 5.10 Å². The van der Waals surface area contributed by atoms with E-state index >= 15 is 0 Å². The van der Waals surface area contributed by atoms with Gasteiger partial charge in [-0.2, -0.15) is 0 Å². The van der Waals surface area contributed by atoms with Crippen LogP contribution in [0.4, 0.5) is 4.79 Å². The summed E-state index contributed by atoms with van der Waals surface area (Å²) >= 11 is 0. The van der Waals surface area contributed by atoms with Gasteiger partial charge in [-0.25, -0.2) is 9.48 Å². The van der Waals surface area contributed by atoms with Crippen LogP contribution >= 0.6 is 0 Å². The van der Waals surface area contributed by atoms with Crippen molar-refractivity contribution in [2.45, 2.75) is 39.0 Å². The quantitative estimate of drug-likeness (QED) is 0.797. The van der Waals surface area contributed by atoms with Gasteiger partial charge in [-0.3, -0.25) is 0 Å². The van der Waals surface area contributed by atoms with E-state index in [9.17, 15) is 4.79 Å². The summed E-state index contributed by atoms with van der Waals surface area (Å²) in [7, 11) is 0. The second kappa shape index (κ2) is 5.56. The van der Waals surface area contributed by atoms with Crippen molar-refractivity contribution in [3.05, 3.63) is 12.4 Å². The topological polar surface area (TPSA) is 69.5 Å². The minimum Gasteiger partial charge on any atom is -0.444 e. The Balaban J connectivity index is 1.88. The zero-order chi connectivity index (χ0) is 13.9. The fourth-order valence-corrected chi connectivity index (χ4v) is 1.86. The number of carbonyl (C=O) groups excluding carboxylic acids is 1. The molecule has 1 fully saturated rings. The SMILES string of the molecule is CC(C)(C)OC(=O)N1CCOC(Cn2ccnn2)C1. The number of hydrogen-bond acceptors (Lipinski definition) is 5. The molecule has 0 N–H and O–H groups in total. The molecule has 1 unspecified atom stereocenters. The van der Waals surface area contributed by atoms with E-state index < -0.39 is 5.60 Å². The minimum absolute atomic E-state index is 0.0806. The lowest BCUT2D eigenvalue weighted by atomic mass is 10.2. The fraction of sp³-hybridized carbons (Fsp3) is 0.750. The van der Waals surface area contributed by atoms with Gasteiger partial charge in [0.15, 0.2) is 0 Å². The first-order valence-corrected chi connectivity index (χ1v) is 6.38. The first-order chi connectivity index (χ1) is 8.94. The smallest absolute Gasteiger partial charge is 0.410 e. The number of rotatable bonds is 2. The molecule has 19 heavy (non-hydrogen) atoms. The van der Waals surface area contributed by atoms with Gasteiger partial charge in [-0.1, -0.05) is 5.21 Å². The second-order valence-corrected chi connectivity index (χ2v) is 5.54. The predicted octanol–water partition coefficient (Wildman–Crippen LogP) is 0.914. The maximum Gasteiger partial charge on any atom is 0.410 e. The third-order valence-electron chi connectivity index (χ3n) is 2.65. The van der Waals surface area contributed by atoms with Gasteiger partial charge < -0.3 is 14.4 Å². The summed E-state index contributed by atoms with van der Waals surface area (Å²) in [5.74, 6) is 0. The van der Waals surface area contributed by atoms with E-state index in [1.165, 1.54) is 0 Å². The van der Waals surface area contributed by atoms with E-state index in [1.807, 2.05) is 20.8 Å². The molecule has 0 spiro atoms. The largest absolute Gasteiger partial charge is 0.444 e. The van der Waals surface area contributed by atoms with Crippen LogP contribution in [0.3, 0.4) is 0 Å². The number of nitrogens with zero attached hydrogens (tertiary/aromatic N) is 4. The molecule has 0 bridgehead atoms. The van der Waals surface area contributed by atoms with Crippen molar-refractivity contribution in [1.29, 1.82) is 0 Å². The van der Waals surface area contributed by atoms with Gasteiger partial charge in [0.2, 0.25) is 0 Å². The molecule has 7 heteroatoms. The molecular formula is C12H20N4O3. The Morgan fingerprint density at radius 2 is 2.32 bits per heavy atom. The van der Waals surface area contributed by atoms with Crippen LogP contribution in [0.25, 0.3) is 0 Å². The third-order valence-corrected chi connectivity index (χ3v) is 2.65. The Labute approximate surface area is 112 Å². The van der Waals surface area contributed by atoms with Crippen LogP contribution in [0.5, 0.6) is 0 Å². The van der Waals surface area contributed by atoms with Crippen LogP contribution in [-0.4, -0.2) is 57.4 Å². The Morgan fingerprint density at radius 1 is 1.53 bits per heavy atom. The molecule has 1 aromatic heterocycles. The lowest BCUT2D eigenvalue weighted by Crippen LogP contribution is -2.48. The van der Waals surface area contributed by atoms with E-state index in [0.717, 1.165) is 0 Å². The maximum atomic E-state index is 12.0. The molecule has 1 aliphatic rings.